The highest BCUT2D eigenvalue weighted by Gasteiger charge is 2.24. The van der Waals surface area contributed by atoms with Gasteiger partial charge in [-0.2, -0.15) is 0 Å². The zero-order chi connectivity index (χ0) is 16.9. The number of para-hydroxylation sites is 1. The van der Waals surface area contributed by atoms with Crippen molar-refractivity contribution in [3.8, 4) is 0 Å². The first-order valence-electron chi connectivity index (χ1n) is 8.43. The largest absolute Gasteiger partial charge is 0.450 e. The van der Waals surface area contributed by atoms with Crippen LogP contribution in [0.15, 0.2) is 30.5 Å². The van der Waals surface area contributed by atoms with Gasteiger partial charge in [-0.3, -0.25) is 4.79 Å². The molecule has 0 unspecified atom stereocenters. The Bertz CT molecular complexity index is 717. The lowest BCUT2D eigenvalue weighted by Crippen LogP contribution is -2.46. The predicted octanol–water partition coefficient (Wildman–Crippen LogP) is 2.56. The van der Waals surface area contributed by atoms with E-state index in [1.807, 2.05) is 31.2 Å². The van der Waals surface area contributed by atoms with Gasteiger partial charge < -0.3 is 19.9 Å². The summed E-state index contributed by atoms with van der Waals surface area (Å²) in [5.74, 6) is 0.0836. The van der Waals surface area contributed by atoms with Gasteiger partial charge in [-0.05, 0) is 25.8 Å². The van der Waals surface area contributed by atoms with Crippen LogP contribution in [-0.2, 0) is 4.74 Å². The number of amides is 1. The third-order valence-electron chi connectivity index (χ3n) is 4.46. The number of piperidine rings is 1. The zero-order valence-corrected chi connectivity index (χ0v) is 13.9. The highest BCUT2D eigenvalue weighted by atomic mass is 16.6. The number of Topliss-reactive ketones (excluding diaryl/α,β-unsaturated/α-hetero) is 1. The molecule has 6 heteroatoms. The van der Waals surface area contributed by atoms with Crippen LogP contribution in [0.3, 0.4) is 0 Å². The minimum Gasteiger partial charge on any atom is -0.450 e. The minimum atomic E-state index is -0.245. The fourth-order valence-corrected chi connectivity index (χ4v) is 3.12. The summed E-state index contributed by atoms with van der Waals surface area (Å²) >= 11 is 0. The number of nitrogens with zero attached hydrogens (tertiary/aromatic N) is 1. The number of hydrogen-bond acceptors (Lipinski definition) is 4. The second-order valence-electron chi connectivity index (χ2n) is 6.01. The van der Waals surface area contributed by atoms with Crippen LogP contribution in [0.5, 0.6) is 0 Å². The average molecular weight is 329 g/mol. The summed E-state index contributed by atoms with van der Waals surface area (Å²) < 4.78 is 5.01. The molecule has 0 spiro atoms. The number of likely N-dealkylation sites (tertiary alicyclic amines) is 1. The molecule has 0 aliphatic carbocycles. The number of H-pyrrole nitrogens is 1. The molecule has 0 radical (unpaired) electrons. The Morgan fingerprint density at radius 1 is 1.29 bits per heavy atom. The van der Waals surface area contributed by atoms with E-state index < -0.39 is 0 Å². The maximum absolute atomic E-state index is 12.5. The normalized spacial score (nSPS) is 15.6. The Balaban J connectivity index is 1.50. The van der Waals surface area contributed by atoms with E-state index >= 15 is 0 Å². The van der Waals surface area contributed by atoms with E-state index in [0.29, 0.717) is 26.2 Å². The SMILES string of the molecule is CCOC(=O)N1CCC(NCC(=O)c2c[nH]c3ccccc23)CC1. The monoisotopic (exact) mass is 329 g/mol. The van der Waals surface area contributed by atoms with E-state index in [-0.39, 0.29) is 17.9 Å². The van der Waals surface area contributed by atoms with Crippen LogP contribution in [0, 0.1) is 0 Å². The van der Waals surface area contributed by atoms with Gasteiger partial charge in [0.25, 0.3) is 0 Å². The van der Waals surface area contributed by atoms with Crippen LogP contribution in [0.1, 0.15) is 30.1 Å². The summed E-state index contributed by atoms with van der Waals surface area (Å²) in [6.07, 6.45) is 3.20. The van der Waals surface area contributed by atoms with Crippen molar-refractivity contribution in [1.82, 2.24) is 15.2 Å². The third kappa shape index (κ3) is 3.59. The number of fused-ring (bicyclic) bond motifs is 1. The van der Waals surface area contributed by atoms with E-state index in [0.717, 1.165) is 29.3 Å². The lowest BCUT2D eigenvalue weighted by Gasteiger charge is -2.31. The maximum atomic E-state index is 12.5. The van der Waals surface area contributed by atoms with Crippen molar-refractivity contribution in [2.75, 3.05) is 26.2 Å². The van der Waals surface area contributed by atoms with Gasteiger partial charge in [0.2, 0.25) is 0 Å². The van der Waals surface area contributed by atoms with Gasteiger partial charge in [-0.15, -0.1) is 0 Å². The first kappa shape index (κ1) is 16.5. The van der Waals surface area contributed by atoms with Crippen molar-refractivity contribution < 1.29 is 14.3 Å². The van der Waals surface area contributed by atoms with Gasteiger partial charge >= 0.3 is 6.09 Å². The van der Waals surface area contributed by atoms with Crippen LogP contribution >= 0.6 is 0 Å². The first-order chi connectivity index (χ1) is 11.7. The van der Waals surface area contributed by atoms with Gasteiger partial charge in [-0.25, -0.2) is 4.79 Å². The molecule has 1 aromatic carbocycles. The second kappa shape index (κ2) is 7.49. The first-order valence-corrected chi connectivity index (χ1v) is 8.43. The molecule has 1 aliphatic rings. The number of rotatable bonds is 5. The Hall–Kier alpha value is -2.34. The van der Waals surface area contributed by atoms with E-state index in [2.05, 4.69) is 10.3 Å². The number of carbonyl (C=O) groups excluding carboxylic acids is 2. The lowest BCUT2D eigenvalue weighted by molar-refractivity contribution is 0.0914. The lowest BCUT2D eigenvalue weighted by atomic mass is 10.0. The summed E-state index contributed by atoms with van der Waals surface area (Å²) in [6.45, 7) is 3.85. The van der Waals surface area contributed by atoms with Crippen LogP contribution in [-0.4, -0.2) is 54.0 Å². The average Bonchev–Trinajstić information content (AvgIpc) is 3.04. The predicted molar refractivity (Wildman–Crippen MR) is 92.2 cm³/mol. The summed E-state index contributed by atoms with van der Waals surface area (Å²) in [7, 11) is 0. The maximum Gasteiger partial charge on any atom is 0.409 e. The van der Waals surface area contributed by atoms with Crippen molar-refractivity contribution in [3.63, 3.8) is 0 Å². The smallest absolute Gasteiger partial charge is 0.409 e. The standard InChI is InChI=1S/C18H23N3O3/c1-2-24-18(23)21-9-7-13(8-10-21)19-12-17(22)15-11-20-16-6-4-3-5-14(15)16/h3-6,11,13,19-20H,2,7-10,12H2,1H3. The van der Waals surface area contributed by atoms with E-state index in [4.69, 9.17) is 4.74 Å². The zero-order valence-electron chi connectivity index (χ0n) is 13.9. The summed E-state index contributed by atoms with van der Waals surface area (Å²) in [4.78, 5) is 29.0. The van der Waals surface area contributed by atoms with Crippen LogP contribution in [0.2, 0.25) is 0 Å². The minimum absolute atomic E-state index is 0.0836. The molecule has 24 heavy (non-hydrogen) atoms. The molecule has 1 saturated heterocycles. The molecular weight excluding hydrogens is 306 g/mol. The molecular formula is C18H23N3O3. The molecule has 2 heterocycles. The van der Waals surface area contributed by atoms with Crippen molar-refractivity contribution in [2.24, 2.45) is 0 Å². The number of carbonyl (C=O) groups is 2. The van der Waals surface area contributed by atoms with E-state index in [1.54, 1.807) is 11.1 Å². The van der Waals surface area contributed by atoms with Gasteiger partial charge in [0, 0.05) is 41.8 Å². The molecule has 2 aromatic rings. The summed E-state index contributed by atoms with van der Waals surface area (Å²) in [5.41, 5.74) is 1.70. The molecule has 2 N–H and O–H groups in total. The number of aromatic nitrogens is 1. The van der Waals surface area contributed by atoms with Crippen molar-refractivity contribution in [2.45, 2.75) is 25.8 Å². The summed E-state index contributed by atoms with van der Waals surface area (Å²) in [6, 6.07) is 8.06. The van der Waals surface area contributed by atoms with Gasteiger partial charge in [-0.1, -0.05) is 18.2 Å². The molecule has 1 aliphatic heterocycles. The molecule has 1 fully saturated rings. The quantitative estimate of drug-likeness (QED) is 0.827. The van der Waals surface area contributed by atoms with Gasteiger partial charge in [0.05, 0.1) is 13.2 Å². The van der Waals surface area contributed by atoms with Gasteiger partial charge in [0.1, 0.15) is 0 Å². The second-order valence-corrected chi connectivity index (χ2v) is 6.01. The number of benzene rings is 1. The number of nitrogens with one attached hydrogen (secondary N) is 2. The molecule has 6 nitrogen and oxygen atoms in total. The topological polar surface area (TPSA) is 74.4 Å². The molecule has 0 bridgehead atoms. The summed E-state index contributed by atoms with van der Waals surface area (Å²) in [5, 5.41) is 4.28. The highest BCUT2D eigenvalue weighted by molar-refractivity contribution is 6.08. The Morgan fingerprint density at radius 2 is 2.04 bits per heavy atom. The molecule has 3 rings (SSSR count). The van der Waals surface area contributed by atoms with E-state index in [9.17, 15) is 9.59 Å². The molecule has 0 atom stereocenters. The Morgan fingerprint density at radius 3 is 2.79 bits per heavy atom. The fourth-order valence-electron chi connectivity index (χ4n) is 3.12. The van der Waals surface area contributed by atoms with Crippen LogP contribution < -0.4 is 5.32 Å². The number of ether oxygens (including phenoxy) is 1. The van der Waals surface area contributed by atoms with Gasteiger partial charge in [0.15, 0.2) is 5.78 Å². The Kier molecular flexibility index (Phi) is 5.15. The molecule has 1 amide bonds. The Labute approximate surface area is 141 Å². The molecule has 1 aromatic heterocycles. The van der Waals surface area contributed by atoms with E-state index in [1.165, 1.54) is 0 Å². The fraction of sp³-hybridized carbons (Fsp3) is 0.444. The van der Waals surface area contributed by atoms with Crippen molar-refractivity contribution in [1.29, 1.82) is 0 Å². The number of aromatic amines is 1. The number of hydrogen-bond donors (Lipinski definition) is 2. The highest BCUT2D eigenvalue weighted by Crippen LogP contribution is 2.18. The molecule has 128 valence electrons. The van der Waals surface area contributed by atoms with Crippen molar-refractivity contribution in [3.05, 3.63) is 36.0 Å². The molecule has 0 saturated carbocycles. The van der Waals surface area contributed by atoms with Crippen LogP contribution in [0.25, 0.3) is 10.9 Å². The van der Waals surface area contributed by atoms with Crippen LogP contribution in [0.4, 0.5) is 4.79 Å². The number of ketones is 1. The third-order valence-corrected chi connectivity index (χ3v) is 4.46. The van der Waals surface area contributed by atoms with Crippen molar-refractivity contribution >= 4 is 22.8 Å².